The molecule has 2 N–H and O–H groups in total. The van der Waals surface area contributed by atoms with Gasteiger partial charge in [0, 0.05) is 30.2 Å². The van der Waals surface area contributed by atoms with E-state index in [1.165, 1.54) is 16.7 Å². The van der Waals surface area contributed by atoms with Crippen molar-refractivity contribution in [3.8, 4) is 12.1 Å². The number of halogens is 2. The molecule has 0 bridgehead atoms. The summed E-state index contributed by atoms with van der Waals surface area (Å²) in [6.07, 6.45) is 5.05. The van der Waals surface area contributed by atoms with E-state index in [2.05, 4.69) is 85.7 Å². The molecule has 4 aromatic rings. The first-order valence-corrected chi connectivity index (χ1v) is 25.5. The first kappa shape index (κ1) is 48.5. The summed E-state index contributed by atoms with van der Waals surface area (Å²) in [5.41, 5.74) is 17.8. The number of rotatable bonds is 13. The molecule has 0 aliphatic carbocycles. The molecule has 0 aromatic heterocycles. The van der Waals surface area contributed by atoms with Crippen LogP contribution in [0.15, 0.2) is 72.8 Å². The zero-order valence-electron chi connectivity index (χ0n) is 32.5. The Bertz CT molecular complexity index is 1810. The topological polar surface area (TPSA) is 117 Å². The summed E-state index contributed by atoms with van der Waals surface area (Å²) in [5.74, 6) is 2.00. The van der Waals surface area contributed by atoms with Crippen molar-refractivity contribution in [2.24, 2.45) is 23.7 Å². The Balaban J connectivity index is 0.000000496. The molecular weight excluding hydrogens is 818 g/mol. The van der Waals surface area contributed by atoms with Gasteiger partial charge in [0.2, 0.25) is 0 Å². The third-order valence-electron chi connectivity index (χ3n) is 8.62. The minimum absolute atomic E-state index is 0. The minimum atomic E-state index is -0.826. The maximum atomic E-state index is 11.4. The third kappa shape index (κ3) is 16.0. The molecule has 0 fully saturated rings. The molecule has 0 aliphatic heterocycles. The van der Waals surface area contributed by atoms with Gasteiger partial charge in [0.1, 0.15) is 0 Å². The number of benzene rings is 4. The quantitative estimate of drug-likeness (QED) is 0.0621. The van der Waals surface area contributed by atoms with Crippen LogP contribution in [0.25, 0.3) is 0 Å². The Morgan fingerprint density at radius 3 is 1.26 bits per heavy atom. The number of nitro groups is 1. The average molecular weight is 877 g/mol. The predicted octanol–water partition coefficient (Wildman–Crippen LogP) is 12.2. The molecule has 4 rings (SSSR count). The fourth-order valence-corrected chi connectivity index (χ4v) is 6.58. The zero-order chi connectivity index (χ0) is 39.7. The van der Waals surface area contributed by atoms with Gasteiger partial charge in [0.25, 0.3) is 5.69 Å². The van der Waals surface area contributed by atoms with E-state index in [9.17, 15) is 20.6 Å². The Morgan fingerprint density at radius 1 is 0.630 bits per heavy atom. The van der Waals surface area contributed by atoms with Crippen LogP contribution in [0.2, 0.25) is 0 Å². The van der Waals surface area contributed by atoms with E-state index in [-0.39, 0.29) is 18.0 Å². The Hall–Kier alpha value is -3.56. The molecule has 9 heteroatoms. The van der Waals surface area contributed by atoms with Crippen LogP contribution in [0.5, 0.6) is 0 Å². The monoisotopic (exact) mass is 876 g/mol. The number of nitrogens with two attached hydrogens (primary N) is 1. The van der Waals surface area contributed by atoms with Crippen LogP contribution in [-0.4, -0.2) is 23.8 Å². The summed E-state index contributed by atoms with van der Waals surface area (Å²) in [6.45, 7) is 17.5. The molecule has 0 spiro atoms. The number of para-hydroxylation sites is 2. The van der Waals surface area contributed by atoms with Crippen LogP contribution in [0.4, 0.5) is 11.4 Å². The fraction of sp³-hybridized carbons (Fsp3) is 0.422. The molecule has 288 valence electrons. The van der Waals surface area contributed by atoms with Gasteiger partial charge in [-0.3, -0.25) is 10.1 Å². The SMILES string of the molecule is C.CC(C)Cc1cc(C#N)cc(CC(C)C)c1Cc1ccccc1N.CC(C)Cc1cc(C#N)cc(CC(C)C)c1Cc1ccccc1[N+](=O)[O-].[Cl][Sn][Cl]. The van der Waals surface area contributed by atoms with Crippen LogP contribution in [0, 0.1) is 56.4 Å². The van der Waals surface area contributed by atoms with E-state index < -0.39 is 18.9 Å². The van der Waals surface area contributed by atoms with E-state index in [0.717, 1.165) is 71.2 Å². The Morgan fingerprint density at radius 2 is 0.944 bits per heavy atom. The number of anilines is 1. The molecule has 54 heavy (non-hydrogen) atoms. The van der Waals surface area contributed by atoms with E-state index in [1.54, 1.807) is 12.1 Å². The van der Waals surface area contributed by atoms with Crippen LogP contribution >= 0.6 is 17.8 Å². The van der Waals surface area contributed by atoms with Crippen molar-refractivity contribution in [3.05, 3.63) is 139 Å². The van der Waals surface area contributed by atoms with Gasteiger partial charge < -0.3 is 5.73 Å². The van der Waals surface area contributed by atoms with E-state index in [0.29, 0.717) is 35.7 Å². The van der Waals surface area contributed by atoms with Gasteiger partial charge in [0.05, 0.1) is 28.2 Å². The average Bonchev–Trinajstić information content (AvgIpc) is 3.08. The normalized spacial score (nSPS) is 10.5. The second-order valence-corrected chi connectivity index (χ2v) is 19.4. The van der Waals surface area contributed by atoms with Crippen LogP contribution in [-0.2, 0) is 38.5 Å². The molecule has 4 aromatic carbocycles. The van der Waals surface area contributed by atoms with Crippen molar-refractivity contribution < 1.29 is 4.92 Å². The molecule has 2 radical (unpaired) electrons. The van der Waals surface area contributed by atoms with Crippen LogP contribution < -0.4 is 5.73 Å². The number of nitro benzene ring substituents is 1. The third-order valence-corrected chi connectivity index (χ3v) is 8.62. The van der Waals surface area contributed by atoms with Crippen molar-refractivity contribution in [1.82, 2.24) is 0 Å². The molecule has 0 heterocycles. The van der Waals surface area contributed by atoms with Crippen molar-refractivity contribution >= 4 is 48.1 Å². The van der Waals surface area contributed by atoms with Gasteiger partial charge in [-0.25, -0.2) is 0 Å². The second-order valence-electron chi connectivity index (χ2n) is 15.2. The van der Waals surface area contributed by atoms with Gasteiger partial charge in [-0.2, -0.15) is 10.5 Å². The number of hydrogen-bond acceptors (Lipinski definition) is 5. The fourth-order valence-electron chi connectivity index (χ4n) is 6.58. The van der Waals surface area contributed by atoms with Gasteiger partial charge in [-0.1, -0.05) is 99.2 Å². The van der Waals surface area contributed by atoms with E-state index in [4.69, 9.17) is 23.6 Å². The number of nitriles is 2. The standard InChI is InChI=1S/C22H26N2O2.C22H28N2.CH4.2ClH.Sn/c1-15(2)9-19-11-17(14-23)12-20(10-16(3)4)21(19)13-18-7-5-6-8-22(18)24(25)26;1-15(2)9-19-11-17(14-23)12-20(10-16(3)4)21(19)13-18-7-5-6-8-22(18)24;;;;/h5-8,11-12,15-16H,9-10,13H2,1-4H3;5-8,11-12,15-16H,9-10,13,24H2,1-4H3;1H4;2*1H;/q;;;;;+2/p-2. The summed E-state index contributed by atoms with van der Waals surface area (Å²) in [5, 5.41) is 30.2. The molecule has 0 atom stereocenters. The summed E-state index contributed by atoms with van der Waals surface area (Å²) >= 11 is -0.826. The Labute approximate surface area is 342 Å². The van der Waals surface area contributed by atoms with Crippen LogP contribution in [0.1, 0.15) is 118 Å². The number of nitrogen functional groups attached to an aromatic ring is 1. The summed E-state index contributed by atoms with van der Waals surface area (Å²) in [4.78, 5) is 11.1. The van der Waals surface area contributed by atoms with Gasteiger partial charge in [0.15, 0.2) is 0 Å². The van der Waals surface area contributed by atoms with Gasteiger partial charge in [-0.05, 0) is 119 Å². The molecule has 0 saturated heterocycles. The molecule has 0 unspecified atom stereocenters. The van der Waals surface area contributed by atoms with Crippen molar-refractivity contribution in [3.63, 3.8) is 0 Å². The molecule has 6 nitrogen and oxygen atoms in total. The van der Waals surface area contributed by atoms with Crippen molar-refractivity contribution in [1.29, 1.82) is 10.5 Å². The van der Waals surface area contributed by atoms with E-state index in [1.807, 2.05) is 42.5 Å². The van der Waals surface area contributed by atoms with Gasteiger partial charge in [-0.15, -0.1) is 0 Å². The molecule has 0 amide bonds. The van der Waals surface area contributed by atoms with E-state index >= 15 is 0 Å². The zero-order valence-corrected chi connectivity index (χ0v) is 36.8. The summed E-state index contributed by atoms with van der Waals surface area (Å²) in [7, 11) is 9.87. The summed E-state index contributed by atoms with van der Waals surface area (Å²) < 4.78 is 0. The first-order chi connectivity index (χ1) is 25.1. The maximum absolute atomic E-state index is 11.4. The molecular formula is C45H58Cl2N4O2Sn. The van der Waals surface area contributed by atoms with Crippen molar-refractivity contribution in [2.75, 3.05) is 5.73 Å². The molecule has 0 aliphatic rings. The first-order valence-electron chi connectivity index (χ1n) is 18.2. The predicted molar refractivity (Wildman–Crippen MR) is 230 cm³/mol. The molecule has 0 saturated carbocycles. The Kier molecular flexibility index (Phi) is 22.2. The second kappa shape index (κ2) is 24.8. The summed E-state index contributed by atoms with van der Waals surface area (Å²) in [6, 6.07) is 27.6. The van der Waals surface area contributed by atoms with Crippen LogP contribution in [0.3, 0.4) is 0 Å². The number of nitrogens with zero attached hydrogens (tertiary/aromatic N) is 3. The van der Waals surface area contributed by atoms with Gasteiger partial charge >= 0.3 is 36.7 Å². The number of hydrogen-bond donors (Lipinski definition) is 1. The van der Waals surface area contributed by atoms with Crippen molar-refractivity contribution in [2.45, 2.75) is 101 Å².